The van der Waals surface area contributed by atoms with E-state index in [0.717, 1.165) is 3.79 Å². The maximum absolute atomic E-state index is 12.2. The maximum Gasteiger partial charge on any atom is 0.274 e. The lowest BCUT2D eigenvalue weighted by atomic mass is 10.1. The second-order valence-corrected chi connectivity index (χ2v) is 6.48. The Morgan fingerprint density at radius 2 is 2.15 bits per heavy atom. The molecule has 0 aliphatic heterocycles. The molecule has 0 saturated carbocycles. The number of nitro groups is 1. The summed E-state index contributed by atoms with van der Waals surface area (Å²) in [5.41, 5.74) is 1.12. The topological polar surface area (TPSA) is 63.4 Å². The van der Waals surface area contributed by atoms with E-state index in [1.807, 2.05) is 0 Å². The zero-order chi connectivity index (χ0) is 14.7. The van der Waals surface area contributed by atoms with E-state index in [1.165, 1.54) is 22.3 Å². The van der Waals surface area contributed by atoms with Crippen LogP contribution in [-0.2, 0) is 6.54 Å². The number of halogens is 1. The highest BCUT2D eigenvalue weighted by Crippen LogP contribution is 2.23. The summed E-state index contributed by atoms with van der Waals surface area (Å²) in [5, 5.41) is 12.7. The van der Waals surface area contributed by atoms with Crippen molar-refractivity contribution >= 4 is 38.9 Å². The summed E-state index contributed by atoms with van der Waals surface area (Å²) in [6, 6.07) is 8.17. The van der Waals surface area contributed by atoms with Crippen LogP contribution in [-0.4, -0.2) is 22.8 Å². The van der Waals surface area contributed by atoms with Gasteiger partial charge < -0.3 is 4.90 Å². The quantitative estimate of drug-likeness (QED) is 0.621. The number of nitrogens with zero attached hydrogens (tertiary/aromatic N) is 2. The molecule has 0 unspecified atom stereocenters. The molecular weight excluding hydrogens is 344 g/mol. The number of thiophene rings is 1. The monoisotopic (exact) mass is 354 g/mol. The number of rotatable bonds is 4. The summed E-state index contributed by atoms with van der Waals surface area (Å²) in [6.07, 6.45) is 0. The fourth-order valence-corrected chi connectivity index (χ4v) is 2.92. The molecule has 0 atom stereocenters. The van der Waals surface area contributed by atoms with Gasteiger partial charge in [0.2, 0.25) is 0 Å². The first-order valence-electron chi connectivity index (χ1n) is 5.71. The predicted octanol–water partition coefficient (Wildman–Crippen LogP) is 3.69. The average molecular weight is 355 g/mol. The Balaban J connectivity index is 2.18. The van der Waals surface area contributed by atoms with Crippen molar-refractivity contribution in [3.8, 4) is 0 Å². The predicted molar refractivity (Wildman–Crippen MR) is 80.9 cm³/mol. The first-order valence-corrected chi connectivity index (χ1v) is 7.38. The van der Waals surface area contributed by atoms with Crippen LogP contribution in [0.25, 0.3) is 0 Å². The van der Waals surface area contributed by atoms with Crippen LogP contribution in [0.3, 0.4) is 0 Å². The molecule has 1 amide bonds. The Morgan fingerprint density at radius 1 is 1.45 bits per heavy atom. The van der Waals surface area contributed by atoms with Crippen LogP contribution in [0.4, 0.5) is 5.69 Å². The summed E-state index contributed by atoms with van der Waals surface area (Å²) >= 11 is 4.73. The van der Waals surface area contributed by atoms with Gasteiger partial charge in [0.1, 0.15) is 0 Å². The van der Waals surface area contributed by atoms with E-state index < -0.39 is 4.92 Å². The summed E-state index contributed by atoms with van der Waals surface area (Å²) in [7, 11) is 1.63. The molecule has 20 heavy (non-hydrogen) atoms. The van der Waals surface area contributed by atoms with Crippen LogP contribution in [0.15, 0.2) is 39.5 Å². The van der Waals surface area contributed by atoms with E-state index in [9.17, 15) is 14.9 Å². The van der Waals surface area contributed by atoms with Gasteiger partial charge in [0.25, 0.3) is 11.6 Å². The first-order chi connectivity index (χ1) is 9.49. The highest BCUT2D eigenvalue weighted by molar-refractivity contribution is 9.11. The van der Waals surface area contributed by atoms with E-state index in [2.05, 4.69) is 15.9 Å². The molecule has 1 aromatic carbocycles. The minimum atomic E-state index is -0.436. The molecule has 0 aliphatic carbocycles. The molecule has 2 rings (SSSR count). The largest absolute Gasteiger partial charge is 0.337 e. The van der Waals surface area contributed by atoms with Crippen molar-refractivity contribution in [3.63, 3.8) is 0 Å². The molecule has 0 bridgehead atoms. The van der Waals surface area contributed by atoms with E-state index in [0.29, 0.717) is 11.1 Å². The molecule has 5 nitrogen and oxygen atoms in total. The highest BCUT2D eigenvalue weighted by atomic mass is 79.9. The third-order valence-corrected chi connectivity index (χ3v) is 4.26. The van der Waals surface area contributed by atoms with Gasteiger partial charge in [-0.2, -0.15) is 0 Å². The Hall–Kier alpha value is -1.73. The van der Waals surface area contributed by atoms with E-state index in [1.54, 1.807) is 36.7 Å². The second-order valence-electron chi connectivity index (χ2n) is 4.19. The number of hydrogen-bond acceptors (Lipinski definition) is 4. The molecular formula is C13H11BrN2O3S. The van der Waals surface area contributed by atoms with Gasteiger partial charge in [-0.05, 0) is 22.0 Å². The van der Waals surface area contributed by atoms with Gasteiger partial charge in [0.05, 0.1) is 20.8 Å². The molecule has 0 aliphatic rings. The average Bonchev–Trinajstić information content (AvgIpc) is 2.84. The molecule has 1 heterocycles. The van der Waals surface area contributed by atoms with Crippen LogP contribution in [0.2, 0.25) is 0 Å². The van der Waals surface area contributed by atoms with Gasteiger partial charge >= 0.3 is 0 Å². The van der Waals surface area contributed by atoms with Crippen LogP contribution < -0.4 is 0 Å². The minimum Gasteiger partial charge on any atom is -0.337 e. The van der Waals surface area contributed by atoms with Crippen molar-refractivity contribution in [2.24, 2.45) is 0 Å². The van der Waals surface area contributed by atoms with Crippen LogP contribution >= 0.6 is 27.3 Å². The van der Waals surface area contributed by atoms with E-state index in [4.69, 9.17) is 0 Å². The number of benzene rings is 1. The van der Waals surface area contributed by atoms with Crippen LogP contribution in [0, 0.1) is 10.1 Å². The van der Waals surface area contributed by atoms with Crippen molar-refractivity contribution in [1.29, 1.82) is 0 Å². The molecule has 0 spiro atoms. The maximum atomic E-state index is 12.2. The van der Waals surface area contributed by atoms with Gasteiger partial charge in [-0.15, -0.1) is 11.3 Å². The third kappa shape index (κ3) is 3.23. The van der Waals surface area contributed by atoms with Crippen LogP contribution in [0.1, 0.15) is 15.9 Å². The lowest BCUT2D eigenvalue weighted by molar-refractivity contribution is -0.385. The van der Waals surface area contributed by atoms with Gasteiger partial charge in [-0.3, -0.25) is 14.9 Å². The summed E-state index contributed by atoms with van der Waals surface area (Å²) in [4.78, 5) is 24.2. The Labute approximate surface area is 128 Å². The summed E-state index contributed by atoms with van der Waals surface area (Å²) in [5.74, 6) is -0.162. The molecule has 2 aromatic rings. The number of nitro benzene ring substituents is 1. The number of amides is 1. The Bertz CT molecular complexity index is 657. The zero-order valence-corrected chi connectivity index (χ0v) is 13.0. The van der Waals surface area contributed by atoms with Crippen molar-refractivity contribution in [3.05, 3.63) is 60.7 Å². The van der Waals surface area contributed by atoms with Gasteiger partial charge in [0, 0.05) is 24.1 Å². The first kappa shape index (κ1) is 14.7. The van der Waals surface area contributed by atoms with Crippen LogP contribution in [0.5, 0.6) is 0 Å². The van der Waals surface area contributed by atoms with Crippen molar-refractivity contribution in [2.75, 3.05) is 7.05 Å². The zero-order valence-electron chi connectivity index (χ0n) is 10.6. The third-order valence-electron chi connectivity index (χ3n) is 2.76. The SMILES string of the molecule is CN(Cc1ccccc1[N+](=O)[O-])C(=O)c1csc(Br)c1. The van der Waals surface area contributed by atoms with E-state index >= 15 is 0 Å². The fraction of sp³-hybridized carbons (Fsp3) is 0.154. The van der Waals surface area contributed by atoms with E-state index in [-0.39, 0.29) is 18.1 Å². The van der Waals surface area contributed by atoms with Crippen molar-refractivity contribution < 1.29 is 9.72 Å². The standard InChI is InChI=1S/C13H11BrN2O3S/c1-15(13(17)10-6-12(14)20-8-10)7-9-4-2-3-5-11(9)16(18)19/h2-6,8H,7H2,1H3. The number of carbonyl (C=O) groups excluding carboxylic acids is 1. The molecule has 0 fully saturated rings. The van der Waals surface area contributed by atoms with Gasteiger partial charge in [-0.25, -0.2) is 0 Å². The number of hydrogen-bond donors (Lipinski definition) is 0. The Kier molecular flexibility index (Phi) is 4.51. The van der Waals surface area contributed by atoms with Crippen molar-refractivity contribution in [1.82, 2.24) is 4.90 Å². The van der Waals surface area contributed by atoms with Gasteiger partial charge in [0.15, 0.2) is 0 Å². The normalized spacial score (nSPS) is 10.3. The fourth-order valence-electron chi connectivity index (χ4n) is 1.79. The smallest absolute Gasteiger partial charge is 0.274 e. The molecule has 104 valence electrons. The number of carbonyl (C=O) groups is 1. The lowest BCUT2D eigenvalue weighted by Crippen LogP contribution is -2.26. The molecule has 0 saturated heterocycles. The lowest BCUT2D eigenvalue weighted by Gasteiger charge is -2.16. The molecule has 0 radical (unpaired) electrons. The molecule has 1 aromatic heterocycles. The highest BCUT2D eigenvalue weighted by Gasteiger charge is 2.18. The number of para-hydroxylation sites is 1. The second kappa shape index (κ2) is 6.15. The minimum absolute atomic E-state index is 0.0265. The molecule has 7 heteroatoms. The summed E-state index contributed by atoms with van der Waals surface area (Å²) in [6.45, 7) is 0.198. The molecule has 0 N–H and O–H groups in total. The van der Waals surface area contributed by atoms with Gasteiger partial charge in [-0.1, -0.05) is 18.2 Å². The van der Waals surface area contributed by atoms with Crippen molar-refractivity contribution in [2.45, 2.75) is 6.54 Å². The summed E-state index contributed by atoms with van der Waals surface area (Å²) < 4.78 is 0.875. The Morgan fingerprint density at radius 3 is 2.75 bits per heavy atom.